The quantitative estimate of drug-likeness (QED) is 0.222. The standard InChI is InChI=1S/C3H4O2S.Na/c1-2(6)3(4)5;/h6H,1H2,(H,4,5);/q;+1/p-1. The Morgan fingerprint density at radius 1 is 1.71 bits per heavy atom. The van der Waals surface area contributed by atoms with Crippen LogP contribution in [0.15, 0.2) is 11.5 Å². The molecule has 4 heteroatoms. The maximum Gasteiger partial charge on any atom is 1.00 e. The van der Waals surface area contributed by atoms with Crippen molar-refractivity contribution in [3.63, 3.8) is 0 Å². The van der Waals surface area contributed by atoms with Gasteiger partial charge in [-0.2, -0.15) is 0 Å². The normalized spacial score (nSPS) is 6.43. The molecule has 0 aromatic carbocycles. The molecular formula is C3H3NaO2S. The number of carbonyl (C=O) groups is 1. The van der Waals surface area contributed by atoms with E-state index in [1.807, 2.05) is 0 Å². The van der Waals surface area contributed by atoms with Crippen LogP contribution >= 0.6 is 12.6 Å². The SMILES string of the molecule is C=C(S)C(=O)[O-].[Na+]. The van der Waals surface area contributed by atoms with Crippen LogP contribution in [-0.2, 0) is 4.79 Å². The molecule has 0 rings (SSSR count). The molecule has 0 aliphatic carbocycles. The summed E-state index contributed by atoms with van der Waals surface area (Å²) >= 11 is 3.34. The van der Waals surface area contributed by atoms with E-state index in [0.717, 1.165) is 0 Å². The van der Waals surface area contributed by atoms with E-state index in [-0.39, 0.29) is 34.5 Å². The van der Waals surface area contributed by atoms with Crippen molar-refractivity contribution in [3.05, 3.63) is 11.5 Å². The molecule has 7 heavy (non-hydrogen) atoms. The zero-order chi connectivity index (χ0) is 5.15. The third-order valence-corrected chi connectivity index (χ3v) is 0.418. The second kappa shape index (κ2) is 4.71. The van der Waals surface area contributed by atoms with Gasteiger partial charge in [-0.3, -0.25) is 0 Å². The van der Waals surface area contributed by atoms with Crippen LogP contribution in [0.25, 0.3) is 0 Å². The maximum absolute atomic E-state index is 9.41. The van der Waals surface area contributed by atoms with Gasteiger partial charge in [0.2, 0.25) is 0 Å². The Morgan fingerprint density at radius 2 is 1.86 bits per heavy atom. The van der Waals surface area contributed by atoms with Crippen molar-refractivity contribution in [1.82, 2.24) is 0 Å². The molecule has 0 bridgehead atoms. The molecule has 0 heterocycles. The van der Waals surface area contributed by atoms with Crippen molar-refractivity contribution in [2.24, 2.45) is 0 Å². The van der Waals surface area contributed by atoms with Crippen LogP contribution in [0.4, 0.5) is 0 Å². The van der Waals surface area contributed by atoms with Crippen LogP contribution in [0, 0.1) is 0 Å². The zero-order valence-corrected chi connectivity index (χ0v) is 6.87. The minimum Gasteiger partial charge on any atom is -0.544 e. The van der Waals surface area contributed by atoms with Crippen LogP contribution in [0.2, 0.25) is 0 Å². The van der Waals surface area contributed by atoms with E-state index in [1.54, 1.807) is 0 Å². The fraction of sp³-hybridized carbons (Fsp3) is 0. The number of aliphatic carboxylic acids is 1. The van der Waals surface area contributed by atoms with Crippen molar-refractivity contribution < 1.29 is 39.5 Å². The molecular weight excluding hydrogens is 123 g/mol. The molecule has 0 radical (unpaired) electrons. The van der Waals surface area contributed by atoms with Gasteiger partial charge in [0.1, 0.15) is 0 Å². The number of carbonyl (C=O) groups excluding carboxylic acids is 1. The second-order valence-electron chi connectivity index (χ2n) is 0.734. The molecule has 34 valence electrons. The zero-order valence-electron chi connectivity index (χ0n) is 3.97. The monoisotopic (exact) mass is 126 g/mol. The molecule has 0 saturated heterocycles. The van der Waals surface area contributed by atoms with Crippen molar-refractivity contribution in [2.45, 2.75) is 0 Å². The number of carboxylic acids is 1. The number of hydrogen-bond acceptors (Lipinski definition) is 3. The van der Waals surface area contributed by atoms with Gasteiger partial charge in [-0.05, 0) is 0 Å². The molecule has 0 aromatic heterocycles. The van der Waals surface area contributed by atoms with Crippen LogP contribution in [0.1, 0.15) is 0 Å². The summed E-state index contributed by atoms with van der Waals surface area (Å²) in [6, 6.07) is 0. The van der Waals surface area contributed by atoms with Crippen LogP contribution < -0.4 is 34.7 Å². The minimum absolute atomic E-state index is 0. The Bertz CT molecular complexity index is 78.9. The predicted molar refractivity (Wildman–Crippen MR) is 23.1 cm³/mol. The van der Waals surface area contributed by atoms with E-state index < -0.39 is 5.97 Å². The molecule has 0 aromatic rings. The third-order valence-electron chi connectivity index (χ3n) is 0.236. The molecule has 0 unspecified atom stereocenters. The van der Waals surface area contributed by atoms with Crippen molar-refractivity contribution >= 4 is 18.6 Å². The Balaban J connectivity index is 0. The van der Waals surface area contributed by atoms with Gasteiger partial charge in [-0.25, -0.2) is 0 Å². The van der Waals surface area contributed by atoms with Gasteiger partial charge in [0.05, 0.1) is 5.97 Å². The first-order chi connectivity index (χ1) is 2.64. The molecule has 0 fully saturated rings. The van der Waals surface area contributed by atoms with Crippen molar-refractivity contribution in [3.8, 4) is 0 Å². The predicted octanol–water partition coefficient (Wildman–Crippen LogP) is -3.82. The number of hydrogen-bond donors (Lipinski definition) is 1. The molecule has 0 aliphatic heterocycles. The third kappa shape index (κ3) is 6.56. The van der Waals surface area contributed by atoms with E-state index in [2.05, 4.69) is 19.2 Å². The summed E-state index contributed by atoms with van der Waals surface area (Å²) in [5.74, 6) is -1.32. The van der Waals surface area contributed by atoms with Gasteiger partial charge in [-0.1, -0.05) is 6.58 Å². The largest absolute Gasteiger partial charge is 1.00 e. The molecule has 0 spiro atoms. The number of thiol groups is 1. The fourth-order valence-corrected chi connectivity index (χ4v) is 0. The van der Waals surface area contributed by atoms with Crippen LogP contribution in [0.3, 0.4) is 0 Å². The second-order valence-corrected chi connectivity index (χ2v) is 1.27. The van der Waals surface area contributed by atoms with E-state index in [9.17, 15) is 9.90 Å². The van der Waals surface area contributed by atoms with Crippen molar-refractivity contribution in [1.29, 1.82) is 0 Å². The minimum atomic E-state index is -1.32. The Kier molecular flexibility index (Phi) is 7.08. The summed E-state index contributed by atoms with van der Waals surface area (Å²) in [7, 11) is 0. The van der Waals surface area contributed by atoms with Gasteiger partial charge in [0.25, 0.3) is 0 Å². The van der Waals surface area contributed by atoms with E-state index in [1.165, 1.54) is 0 Å². The summed E-state index contributed by atoms with van der Waals surface area (Å²) < 4.78 is 0. The topological polar surface area (TPSA) is 40.1 Å². The maximum atomic E-state index is 9.41. The molecule has 0 aliphatic rings. The smallest absolute Gasteiger partial charge is 0.544 e. The van der Waals surface area contributed by atoms with Gasteiger partial charge >= 0.3 is 29.6 Å². The molecule has 0 atom stereocenters. The van der Waals surface area contributed by atoms with Crippen LogP contribution in [0.5, 0.6) is 0 Å². The number of rotatable bonds is 1. The summed E-state index contributed by atoms with van der Waals surface area (Å²) in [6.45, 7) is 2.96. The Hall–Kier alpha value is 0.560. The van der Waals surface area contributed by atoms with Gasteiger partial charge < -0.3 is 9.90 Å². The summed E-state index contributed by atoms with van der Waals surface area (Å²) in [4.78, 5) is 9.17. The first-order valence-electron chi connectivity index (χ1n) is 1.24. The van der Waals surface area contributed by atoms with Gasteiger partial charge in [0, 0.05) is 4.91 Å². The molecule has 0 saturated carbocycles. The fourth-order valence-electron chi connectivity index (χ4n) is 0. The van der Waals surface area contributed by atoms with Gasteiger partial charge in [0.15, 0.2) is 0 Å². The van der Waals surface area contributed by atoms with E-state index >= 15 is 0 Å². The van der Waals surface area contributed by atoms with Gasteiger partial charge in [-0.15, -0.1) is 12.6 Å². The first kappa shape index (κ1) is 10.5. The van der Waals surface area contributed by atoms with Crippen LogP contribution in [-0.4, -0.2) is 5.97 Å². The average molecular weight is 126 g/mol. The molecule has 0 N–H and O–H groups in total. The molecule has 2 nitrogen and oxygen atoms in total. The first-order valence-corrected chi connectivity index (χ1v) is 1.68. The van der Waals surface area contributed by atoms with E-state index in [4.69, 9.17) is 0 Å². The molecule has 0 amide bonds. The summed E-state index contributed by atoms with van der Waals surface area (Å²) in [5, 5.41) is 9.41. The van der Waals surface area contributed by atoms with E-state index in [0.29, 0.717) is 0 Å². The number of carboxylic acid groups (broad SMARTS) is 1. The average Bonchev–Trinajstić information content (AvgIpc) is 1.36. The Labute approximate surface area is 69.3 Å². The summed E-state index contributed by atoms with van der Waals surface area (Å²) in [5.41, 5.74) is 0. The Morgan fingerprint density at radius 3 is 1.86 bits per heavy atom. The van der Waals surface area contributed by atoms with Crippen molar-refractivity contribution in [2.75, 3.05) is 0 Å². The summed E-state index contributed by atoms with van der Waals surface area (Å²) in [6.07, 6.45) is 0.